The molecule has 104 valence electrons. The average molecular weight is 296 g/mol. The third kappa shape index (κ3) is 6.64. The molecule has 0 fully saturated rings. The lowest BCUT2D eigenvalue weighted by Crippen LogP contribution is -2.34. The van der Waals surface area contributed by atoms with Crippen LogP contribution in [0.4, 0.5) is 0 Å². The third-order valence-corrected chi connectivity index (χ3v) is 2.27. The Hall–Kier alpha value is -1.04. The molecule has 0 saturated carbocycles. The number of hydrogen-bond acceptors (Lipinski definition) is 3. The minimum absolute atomic E-state index is 0. The van der Waals surface area contributed by atoms with E-state index in [1.807, 2.05) is 14.0 Å². The minimum Gasteiger partial charge on any atom is -0.352 e. The highest BCUT2D eigenvalue weighted by Gasteiger charge is 2.10. The summed E-state index contributed by atoms with van der Waals surface area (Å²) in [5.74, 6) is -0.0617. The first-order valence-electron chi connectivity index (χ1n) is 5.23. The van der Waals surface area contributed by atoms with Crippen LogP contribution in [0.3, 0.4) is 0 Å². The van der Waals surface area contributed by atoms with Crippen LogP contribution in [0.2, 0.25) is 0 Å². The monoisotopic (exact) mass is 295 g/mol. The van der Waals surface area contributed by atoms with Crippen molar-refractivity contribution in [3.05, 3.63) is 34.2 Å². The number of rotatable bonds is 5. The van der Waals surface area contributed by atoms with E-state index in [-0.39, 0.29) is 42.2 Å². The predicted molar refractivity (Wildman–Crippen MR) is 76.5 cm³/mol. The second-order valence-electron chi connectivity index (χ2n) is 3.74. The van der Waals surface area contributed by atoms with Crippen molar-refractivity contribution >= 4 is 30.7 Å². The van der Waals surface area contributed by atoms with Gasteiger partial charge in [0, 0.05) is 31.3 Å². The molecule has 18 heavy (non-hydrogen) atoms. The van der Waals surface area contributed by atoms with Gasteiger partial charge in [-0.1, -0.05) is 13.0 Å². The highest BCUT2D eigenvalue weighted by molar-refractivity contribution is 5.85. The summed E-state index contributed by atoms with van der Waals surface area (Å²) >= 11 is 0. The maximum absolute atomic E-state index is 11.6. The zero-order valence-corrected chi connectivity index (χ0v) is 12.0. The van der Waals surface area contributed by atoms with Crippen LogP contribution >= 0.6 is 24.8 Å². The van der Waals surface area contributed by atoms with Gasteiger partial charge in [-0.15, -0.1) is 24.8 Å². The summed E-state index contributed by atoms with van der Waals surface area (Å²) in [6, 6.07) is 3.14. The van der Waals surface area contributed by atoms with Gasteiger partial charge in [0.25, 0.3) is 0 Å². The van der Waals surface area contributed by atoms with E-state index in [4.69, 9.17) is 0 Å². The molecule has 1 unspecified atom stereocenters. The molecule has 0 aliphatic heterocycles. The normalized spacial score (nSPS) is 10.8. The molecule has 0 radical (unpaired) electrons. The van der Waals surface area contributed by atoms with Crippen LogP contribution in [0.5, 0.6) is 0 Å². The van der Waals surface area contributed by atoms with Gasteiger partial charge in [0.15, 0.2) is 0 Å². The van der Waals surface area contributed by atoms with E-state index in [9.17, 15) is 9.59 Å². The summed E-state index contributed by atoms with van der Waals surface area (Å²) < 4.78 is 0. The zero-order chi connectivity index (χ0) is 12.0. The molecule has 1 aromatic rings. The number of aromatic amines is 1. The van der Waals surface area contributed by atoms with Crippen LogP contribution in [-0.2, 0) is 11.3 Å². The zero-order valence-electron chi connectivity index (χ0n) is 10.4. The van der Waals surface area contributed by atoms with Gasteiger partial charge in [-0.3, -0.25) is 9.59 Å². The number of nitrogens with one attached hydrogen (secondary N) is 3. The van der Waals surface area contributed by atoms with Crippen molar-refractivity contribution in [1.29, 1.82) is 0 Å². The highest BCUT2D eigenvalue weighted by Crippen LogP contribution is 1.96. The average Bonchev–Trinajstić information content (AvgIpc) is 2.28. The van der Waals surface area contributed by atoms with Crippen molar-refractivity contribution < 1.29 is 4.79 Å². The van der Waals surface area contributed by atoms with Crippen molar-refractivity contribution in [1.82, 2.24) is 15.6 Å². The second kappa shape index (κ2) is 9.94. The molecule has 3 N–H and O–H groups in total. The number of amides is 1. The van der Waals surface area contributed by atoms with Gasteiger partial charge in [-0.2, -0.15) is 0 Å². The molecule has 1 atom stereocenters. The molecule has 0 spiro atoms. The number of carbonyl (C=O) groups is 1. The Labute approximate surface area is 119 Å². The standard InChI is InChI=1S/C11H17N3O2.2ClH/c1-8(5-12-2)11(16)14-7-9-3-4-10(15)13-6-9;;/h3-4,6,8,12H,5,7H2,1-2H3,(H,13,15)(H,14,16);2*1H. The highest BCUT2D eigenvalue weighted by atomic mass is 35.5. The van der Waals surface area contributed by atoms with Crippen LogP contribution in [0.1, 0.15) is 12.5 Å². The molecule has 5 nitrogen and oxygen atoms in total. The number of aromatic nitrogens is 1. The summed E-state index contributed by atoms with van der Waals surface area (Å²) in [5, 5.41) is 5.75. The molecule has 1 rings (SSSR count). The summed E-state index contributed by atoms with van der Waals surface area (Å²) in [6.45, 7) is 2.94. The fourth-order valence-corrected chi connectivity index (χ4v) is 1.32. The maximum atomic E-state index is 11.6. The molecular weight excluding hydrogens is 277 g/mol. The summed E-state index contributed by atoms with van der Waals surface area (Å²) in [4.78, 5) is 24.9. The summed E-state index contributed by atoms with van der Waals surface area (Å²) in [6.07, 6.45) is 1.60. The topological polar surface area (TPSA) is 74.0 Å². The van der Waals surface area contributed by atoms with Gasteiger partial charge in [-0.25, -0.2) is 0 Å². The van der Waals surface area contributed by atoms with Crippen molar-refractivity contribution in [2.75, 3.05) is 13.6 Å². The number of pyridine rings is 1. The molecule has 0 aromatic carbocycles. The molecule has 0 bridgehead atoms. The maximum Gasteiger partial charge on any atom is 0.247 e. The Kier molecular flexibility index (Phi) is 10.7. The van der Waals surface area contributed by atoms with Crippen LogP contribution in [0.15, 0.2) is 23.1 Å². The van der Waals surface area contributed by atoms with E-state index >= 15 is 0 Å². The van der Waals surface area contributed by atoms with Crippen LogP contribution < -0.4 is 16.2 Å². The molecule has 1 amide bonds. The lowest BCUT2D eigenvalue weighted by atomic mass is 10.1. The van der Waals surface area contributed by atoms with Gasteiger partial charge in [0.2, 0.25) is 11.5 Å². The van der Waals surface area contributed by atoms with E-state index < -0.39 is 0 Å². The number of H-pyrrole nitrogens is 1. The molecular formula is C11H19Cl2N3O2. The molecule has 0 aliphatic carbocycles. The van der Waals surface area contributed by atoms with Crippen molar-refractivity contribution in [3.8, 4) is 0 Å². The van der Waals surface area contributed by atoms with Crippen molar-refractivity contribution in [2.24, 2.45) is 5.92 Å². The van der Waals surface area contributed by atoms with E-state index in [0.29, 0.717) is 13.1 Å². The Morgan fingerprint density at radius 3 is 2.56 bits per heavy atom. The summed E-state index contributed by atoms with van der Waals surface area (Å²) in [7, 11) is 1.81. The van der Waals surface area contributed by atoms with Crippen LogP contribution in [0.25, 0.3) is 0 Å². The Morgan fingerprint density at radius 1 is 1.39 bits per heavy atom. The van der Waals surface area contributed by atoms with E-state index in [1.54, 1.807) is 12.3 Å². The van der Waals surface area contributed by atoms with E-state index in [1.165, 1.54) is 6.07 Å². The first kappa shape index (κ1) is 19.3. The number of carbonyl (C=O) groups excluding carboxylic acids is 1. The molecule has 7 heteroatoms. The largest absolute Gasteiger partial charge is 0.352 e. The predicted octanol–water partition coefficient (Wildman–Crippen LogP) is 0.690. The quantitative estimate of drug-likeness (QED) is 0.748. The van der Waals surface area contributed by atoms with Crippen molar-refractivity contribution in [2.45, 2.75) is 13.5 Å². The first-order chi connectivity index (χ1) is 7.63. The molecule has 0 saturated heterocycles. The van der Waals surface area contributed by atoms with Gasteiger partial charge in [0.1, 0.15) is 0 Å². The first-order valence-corrected chi connectivity index (χ1v) is 5.23. The summed E-state index contributed by atoms with van der Waals surface area (Å²) in [5.41, 5.74) is 0.739. The smallest absolute Gasteiger partial charge is 0.247 e. The lowest BCUT2D eigenvalue weighted by molar-refractivity contribution is -0.124. The fourth-order valence-electron chi connectivity index (χ4n) is 1.32. The minimum atomic E-state index is -0.140. The third-order valence-electron chi connectivity index (χ3n) is 2.27. The van der Waals surface area contributed by atoms with E-state index in [0.717, 1.165) is 5.56 Å². The van der Waals surface area contributed by atoms with Crippen molar-refractivity contribution in [3.63, 3.8) is 0 Å². The van der Waals surface area contributed by atoms with E-state index in [2.05, 4.69) is 15.6 Å². The SMILES string of the molecule is CNCC(C)C(=O)NCc1ccc(=O)[nH]c1.Cl.Cl. The van der Waals surface area contributed by atoms with Gasteiger partial charge >= 0.3 is 0 Å². The van der Waals surface area contributed by atoms with Gasteiger partial charge in [0.05, 0.1) is 0 Å². The molecule has 1 heterocycles. The number of hydrogen-bond donors (Lipinski definition) is 3. The Morgan fingerprint density at radius 2 is 2.06 bits per heavy atom. The number of halogens is 2. The second-order valence-corrected chi connectivity index (χ2v) is 3.74. The fraction of sp³-hybridized carbons (Fsp3) is 0.455. The van der Waals surface area contributed by atoms with Gasteiger partial charge in [-0.05, 0) is 12.6 Å². The van der Waals surface area contributed by atoms with Gasteiger partial charge < -0.3 is 15.6 Å². The van der Waals surface area contributed by atoms with Crippen LogP contribution in [-0.4, -0.2) is 24.5 Å². The molecule has 1 aromatic heterocycles. The van der Waals surface area contributed by atoms with Crippen LogP contribution in [0, 0.1) is 5.92 Å². The Balaban J connectivity index is 0. The lowest BCUT2D eigenvalue weighted by Gasteiger charge is -2.11. The molecule has 0 aliphatic rings. The Bertz CT molecular complexity index is 389.